The summed E-state index contributed by atoms with van der Waals surface area (Å²) in [5.41, 5.74) is 7.45. The summed E-state index contributed by atoms with van der Waals surface area (Å²) in [6.45, 7) is 0.344. The van der Waals surface area contributed by atoms with Gasteiger partial charge in [0.1, 0.15) is 0 Å². The van der Waals surface area contributed by atoms with Gasteiger partial charge in [-0.2, -0.15) is 0 Å². The summed E-state index contributed by atoms with van der Waals surface area (Å²) < 4.78 is 10.9. The van der Waals surface area contributed by atoms with Gasteiger partial charge in [0.05, 0.1) is 0 Å². The third-order valence-corrected chi connectivity index (χ3v) is 4.67. The largest absolute Gasteiger partial charge is 0.454 e. The second-order valence-corrected chi connectivity index (χ2v) is 5.91. The topological polar surface area (TPSA) is 47.7 Å². The molecule has 2 atom stereocenters. The molecule has 3 heterocycles. The van der Waals surface area contributed by atoms with Gasteiger partial charge in [0, 0.05) is 29.9 Å². The molecule has 2 unspecified atom stereocenters. The van der Waals surface area contributed by atoms with Crippen molar-refractivity contribution in [2.24, 2.45) is 5.73 Å². The van der Waals surface area contributed by atoms with Crippen LogP contribution < -0.4 is 20.1 Å². The Morgan fingerprint density at radius 2 is 1.79 bits per heavy atom. The summed E-state index contributed by atoms with van der Waals surface area (Å²) in [5.74, 6) is 1.74. The van der Waals surface area contributed by atoms with Crippen molar-refractivity contribution in [2.75, 3.05) is 11.7 Å². The van der Waals surface area contributed by atoms with Gasteiger partial charge in [-0.3, -0.25) is 0 Å². The molecule has 2 fully saturated rings. The molecule has 102 valence electrons. The van der Waals surface area contributed by atoms with E-state index in [9.17, 15) is 0 Å². The van der Waals surface area contributed by atoms with E-state index in [2.05, 4.69) is 17.0 Å². The summed E-state index contributed by atoms with van der Waals surface area (Å²) in [6, 6.07) is 7.90. The lowest BCUT2D eigenvalue weighted by atomic mass is 9.81. The second-order valence-electron chi connectivity index (χ2n) is 5.91. The number of benzene rings is 1. The maximum atomic E-state index is 6.18. The van der Waals surface area contributed by atoms with Gasteiger partial charge >= 0.3 is 0 Å². The summed E-state index contributed by atoms with van der Waals surface area (Å²) in [5, 5.41) is 0. The van der Waals surface area contributed by atoms with Gasteiger partial charge in [0.25, 0.3) is 0 Å². The highest BCUT2D eigenvalue weighted by Crippen LogP contribution is 2.41. The second kappa shape index (κ2) is 4.30. The normalized spacial score (nSPS) is 32.5. The number of anilines is 1. The Morgan fingerprint density at radius 1 is 1.05 bits per heavy atom. The summed E-state index contributed by atoms with van der Waals surface area (Å²) in [7, 11) is 0. The Morgan fingerprint density at radius 3 is 2.58 bits per heavy atom. The first kappa shape index (κ1) is 11.4. The zero-order valence-electron chi connectivity index (χ0n) is 11.0. The van der Waals surface area contributed by atoms with E-state index < -0.39 is 0 Å². The molecule has 0 radical (unpaired) electrons. The van der Waals surface area contributed by atoms with Crippen LogP contribution in [-0.4, -0.2) is 24.9 Å². The van der Waals surface area contributed by atoms with Crippen LogP contribution >= 0.6 is 0 Å². The molecule has 0 aliphatic carbocycles. The molecule has 2 bridgehead atoms. The minimum absolute atomic E-state index is 0.344. The van der Waals surface area contributed by atoms with Crippen LogP contribution in [0.1, 0.15) is 32.1 Å². The van der Waals surface area contributed by atoms with Crippen LogP contribution in [0.15, 0.2) is 18.2 Å². The van der Waals surface area contributed by atoms with Crippen molar-refractivity contribution in [2.45, 2.75) is 50.2 Å². The number of hydrogen-bond donors (Lipinski definition) is 1. The number of ether oxygens (including phenoxy) is 2. The molecule has 1 aromatic rings. The molecule has 1 aromatic carbocycles. The molecule has 0 amide bonds. The average Bonchev–Trinajstić information content (AvgIpc) is 2.84. The fraction of sp³-hybridized carbons (Fsp3) is 0.600. The molecule has 0 spiro atoms. The monoisotopic (exact) mass is 260 g/mol. The van der Waals surface area contributed by atoms with Crippen LogP contribution in [0.25, 0.3) is 0 Å². The predicted octanol–water partition coefficient (Wildman–Crippen LogP) is 2.26. The molecule has 3 aliphatic heterocycles. The summed E-state index contributed by atoms with van der Waals surface area (Å²) >= 11 is 0. The van der Waals surface area contributed by atoms with Gasteiger partial charge < -0.3 is 20.1 Å². The van der Waals surface area contributed by atoms with Gasteiger partial charge in [0.2, 0.25) is 6.79 Å². The van der Waals surface area contributed by atoms with Crippen molar-refractivity contribution in [3.8, 4) is 11.5 Å². The maximum Gasteiger partial charge on any atom is 0.231 e. The predicted molar refractivity (Wildman–Crippen MR) is 73.7 cm³/mol. The van der Waals surface area contributed by atoms with E-state index in [0.717, 1.165) is 24.3 Å². The fourth-order valence-corrected chi connectivity index (χ4v) is 3.89. The minimum atomic E-state index is 0.344. The molecule has 4 rings (SSSR count). The Balaban J connectivity index is 1.67. The molecular formula is C15H20N2O2. The lowest BCUT2D eigenvalue weighted by Crippen LogP contribution is -2.55. The molecule has 2 N–H and O–H groups in total. The van der Waals surface area contributed by atoms with Crippen LogP contribution in [-0.2, 0) is 0 Å². The Hall–Kier alpha value is -1.42. The first-order chi connectivity index (χ1) is 9.31. The summed E-state index contributed by atoms with van der Waals surface area (Å²) in [4.78, 5) is 2.58. The van der Waals surface area contributed by atoms with E-state index in [4.69, 9.17) is 15.2 Å². The van der Waals surface area contributed by atoms with E-state index >= 15 is 0 Å². The van der Waals surface area contributed by atoms with Gasteiger partial charge in [0.15, 0.2) is 11.5 Å². The molecular weight excluding hydrogens is 240 g/mol. The third-order valence-electron chi connectivity index (χ3n) is 4.67. The quantitative estimate of drug-likeness (QED) is 0.841. The molecule has 3 aliphatic rings. The number of rotatable bonds is 1. The highest BCUT2D eigenvalue weighted by molar-refractivity contribution is 5.58. The first-order valence-electron chi connectivity index (χ1n) is 7.25. The number of piperidine rings is 2. The maximum absolute atomic E-state index is 6.18. The first-order valence-corrected chi connectivity index (χ1v) is 7.25. The number of hydrogen-bond acceptors (Lipinski definition) is 4. The number of nitrogens with zero attached hydrogens (tertiary/aromatic N) is 1. The molecule has 19 heavy (non-hydrogen) atoms. The highest BCUT2D eigenvalue weighted by atomic mass is 16.7. The molecule has 0 saturated carbocycles. The van der Waals surface area contributed by atoms with Gasteiger partial charge in [-0.15, -0.1) is 0 Å². The van der Waals surface area contributed by atoms with Crippen molar-refractivity contribution in [3.63, 3.8) is 0 Å². The van der Waals surface area contributed by atoms with Crippen molar-refractivity contribution in [1.29, 1.82) is 0 Å². The molecule has 4 heteroatoms. The van der Waals surface area contributed by atoms with E-state index in [1.54, 1.807) is 0 Å². The number of nitrogens with two attached hydrogens (primary N) is 1. The number of fused-ring (bicyclic) bond motifs is 3. The van der Waals surface area contributed by atoms with Gasteiger partial charge in [-0.05, 0) is 44.2 Å². The smallest absolute Gasteiger partial charge is 0.231 e. The van der Waals surface area contributed by atoms with Gasteiger partial charge in [-0.1, -0.05) is 0 Å². The fourth-order valence-electron chi connectivity index (χ4n) is 3.89. The zero-order valence-corrected chi connectivity index (χ0v) is 11.0. The standard InChI is InChI=1S/C15H20N2O2/c16-10-6-11-2-1-3-12(7-10)17(11)13-4-5-14-15(8-13)19-9-18-14/h4-5,8,10-12H,1-3,6-7,9,16H2. The van der Waals surface area contributed by atoms with Crippen LogP contribution in [0, 0.1) is 0 Å². The SMILES string of the molecule is NC1CC2CCCC(C1)N2c1ccc2c(c1)OCO2. The van der Waals surface area contributed by atoms with Crippen LogP contribution in [0.3, 0.4) is 0 Å². The van der Waals surface area contributed by atoms with E-state index in [1.165, 1.54) is 24.9 Å². The lowest BCUT2D eigenvalue weighted by molar-refractivity contribution is 0.174. The lowest BCUT2D eigenvalue weighted by Gasteiger charge is -2.49. The molecule has 4 nitrogen and oxygen atoms in total. The van der Waals surface area contributed by atoms with E-state index in [0.29, 0.717) is 24.9 Å². The van der Waals surface area contributed by atoms with Crippen molar-refractivity contribution in [1.82, 2.24) is 0 Å². The van der Waals surface area contributed by atoms with Crippen LogP contribution in [0.2, 0.25) is 0 Å². The Bertz CT molecular complexity index is 477. The zero-order chi connectivity index (χ0) is 12.8. The minimum Gasteiger partial charge on any atom is -0.454 e. The van der Waals surface area contributed by atoms with Gasteiger partial charge in [-0.25, -0.2) is 0 Å². The molecule has 2 saturated heterocycles. The van der Waals surface area contributed by atoms with Crippen LogP contribution in [0.5, 0.6) is 11.5 Å². The summed E-state index contributed by atoms with van der Waals surface area (Å²) in [6.07, 6.45) is 6.09. The van der Waals surface area contributed by atoms with Crippen molar-refractivity contribution < 1.29 is 9.47 Å². The van der Waals surface area contributed by atoms with Crippen molar-refractivity contribution in [3.05, 3.63) is 18.2 Å². The van der Waals surface area contributed by atoms with E-state index in [1.807, 2.05) is 6.07 Å². The molecule has 0 aromatic heterocycles. The van der Waals surface area contributed by atoms with Crippen molar-refractivity contribution >= 4 is 5.69 Å². The average molecular weight is 260 g/mol. The van der Waals surface area contributed by atoms with Crippen LogP contribution in [0.4, 0.5) is 5.69 Å². The third kappa shape index (κ3) is 1.86. The Labute approximate surface area is 113 Å². The highest BCUT2D eigenvalue weighted by Gasteiger charge is 2.37. The Kier molecular flexibility index (Phi) is 2.58. The van der Waals surface area contributed by atoms with E-state index in [-0.39, 0.29) is 0 Å².